The van der Waals surface area contributed by atoms with E-state index < -0.39 is 0 Å². The Labute approximate surface area is 84.3 Å². The molecule has 0 aromatic heterocycles. The van der Waals surface area contributed by atoms with Crippen LogP contribution in [0.3, 0.4) is 0 Å². The summed E-state index contributed by atoms with van der Waals surface area (Å²) in [6.45, 7) is 3.24. The van der Waals surface area contributed by atoms with Gasteiger partial charge in [-0.3, -0.25) is 4.79 Å². The zero-order valence-electron chi connectivity index (χ0n) is 8.42. The highest BCUT2D eigenvalue weighted by Gasteiger charge is 2.02. The van der Waals surface area contributed by atoms with Gasteiger partial charge in [-0.1, -0.05) is 17.7 Å². The molecule has 0 unspecified atom stereocenters. The van der Waals surface area contributed by atoms with Gasteiger partial charge in [0.2, 0.25) is 0 Å². The molecule has 0 radical (unpaired) electrons. The molecule has 3 nitrogen and oxygen atoms in total. The fourth-order valence-corrected chi connectivity index (χ4v) is 1.11. The maximum absolute atomic E-state index is 11.5. The first kappa shape index (κ1) is 10.7. The Hall–Kier alpha value is -1.35. The number of carbonyl (C=O) groups is 1. The van der Waals surface area contributed by atoms with Crippen LogP contribution >= 0.6 is 0 Å². The molecule has 1 amide bonds. The number of amides is 1. The highest BCUT2D eigenvalue weighted by atomic mass is 16.1. The summed E-state index contributed by atoms with van der Waals surface area (Å²) in [6, 6.07) is 7.51. The summed E-state index contributed by atoms with van der Waals surface area (Å²) >= 11 is 0. The Morgan fingerprint density at radius 2 is 2.00 bits per heavy atom. The van der Waals surface area contributed by atoms with Gasteiger partial charge in [0.15, 0.2) is 0 Å². The molecule has 1 rings (SSSR count). The van der Waals surface area contributed by atoms with Crippen LogP contribution in [-0.2, 0) is 0 Å². The largest absolute Gasteiger partial charge is 0.352 e. The molecule has 0 spiro atoms. The Bertz CT molecular complexity index is 293. The lowest BCUT2D eigenvalue weighted by Crippen LogP contribution is -2.25. The Morgan fingerprint density at radius 3 is 2.57 bits per heavy atom. The SMILES string of the molecule is Cc1ccc(C(=O)NCCCN)cc1. The molecule has 14 heavy (non-hydrogen) atoms. The summed E-state index contributed by atoms with van der Waals surface area (Å²) in [6.07, 6.45) is 0.817. The average molecular weight is 192 g/mol. The number of rotatable bonds is 4. The average Bonchev–Trinajstić information content (AvgIpc) is 2.19. The van der Waals surface area contributed by atoms with Gasteiger partial charge in [0.25, 0.3) is 5.91 Å². The summed E-state index contributed by atoms with van der Waals surface area (Å²) in [7, 11) is 0. The second kappa shape index (κ2) is 5.40. The van der Waals surface area contributed by atoms with Crippen molar-refractivity contribution in [1.82, 2.24) is 5.32 Å². The third kappa shape index (κ3) is 3.18. The molecular formula is C11H16N2O. The summed E-state index contributed by atoms with van der Waals surface area (Å²) in [5.74, 6) is -0.0292. The molecule has 0 bridgehead atoms. The number of carbonyl (C=O) groups excluding carboxylic acids is 1. The van der Waals surface area contributed by atoms with Crippen molar-refractivity contribution in [1.29, 1.82) is 0 Å². The highest BCUT2D eigenvalue weighted by Crippen LogP contribution is 2.02. The molecule has 0 aliphatic rings. The fraction of sp³-hybridized carbons (Fsp3) is 0.364. The van der Waals surface area contributed by atoms with Gasteiger partial charge < -0.3 is 11.1 Å². The van der Waals surface area contributed by atoms with Crippen molar-refractivity contribution in [3.8, 4) is 0 Å². The van der Waals surface area contributed by atoms with E-state index in [9.17, 15) is 4.79 Å². The maximum Gasteiger partial charge on any atom is 0.251 e. The van der Waals surface area contributed by atoms with E-state index in [1.807, 2.05) is 31.2 Å². The summed E-state index contributed by atoms with van der Waals surface area (Å²) in [5, 5.41) is 2.80. The van der Waals surface area contributed by atoms with Crippen LogP contribution in [0.25, 0.3) is 0 Å². The monoisotopic (exact) mass is 192 g/mol. The molecule has 3 heteroatoms. The van der Waals surface area contributed by atoms with Gasteiger partial charge in [-0.05, 0) is 32.0 Å². The minimum Gasteiger partial charge on any atom is -0.352 e. The smallest absolute Gasteiger partial charge is 0.251 e. The van der Waals surface area contributed by atoms with E-state index in [-0.39, 0.29) is 5.91 Å². The number of aryl methyl sites for hydroxylation is 1. The normalized spacial score (nSPS) is 9.86. The van der Waals surface area contributed by atoms with Crippen LogP contribution in [0.2, 0.25) is 0 Å². The quantitative estimate of drug-likeness (QED) is 0.701. The number of benzene rings is 1. The van der Waals surface area contributed by atoms with Crippen molar-refractivity contribution in [3.63, 3.8) is 0 Å². The Balaban J connectivity index is 2.48. The van der Waals surface area contributed by atoms with Crippen LogP contribution < -0.4 is 11.1 Å². The van der Waals surface area contributed by atoms with E-state index in [1.54, 1.807) is 0 Å². The lowest BCUT2D eigenvalue weighted by atomic mass is 10.1. The lowest BCUT2D eigenvalue weighted by Gasteiger charge is -2.03. The van der Waals surface area contributed by atoms with Gasteiger partial charge >= 0.3 is 0 Å². The van der Waals surface area contributed by atoms with Crippen molar-refractivity contribution >= 4 is 5.91 Å². The minimum atomic E-state index is -0.0292. The second-order valence-corrected chi connectivity index (χ2v) is 3.26. The van der Waals surface area contributed by atoms with Crippen LogP contribution in [0.15, 0.2) is 24.3 Å². The highest BCUT2D eigenvalue weighted by molar-refractivity contribution is 5.94. The van der Waals surface area contributed by atoms with Crippen LogP contribution in [0, 0.1) is 6.92 Å². The zero-order valence-corrected chi connectivity index (χ0v) is 8.42. The molecule has 0 aliphatic carbocycles. The van der Waals surface area contributed by atoms with Crippen LogP contribution in [0.4, 0.5) is 0 Å². The van der Waals surface area contributed by atoms with Gasteiger partial charge in [0.1, 0.15) is 0 Å². The second-order valence-electron chi connectivity index (χ2n) is 3.26. The molecule has 0 heterocycles. The van der Waals surface area contributed by atoms with E-state index >= 15 is 0 Å². The first-order chi connectivity index (χ1) is 6.74. The number of nitrogens with one attached hydrogen (secondary N) is 1. The zero-order chi connectivity index (χ0) is 10.4. The molecule has 76 valence electrons. The van der Waals surface area contributed by atoms with Crippen molar-refractivity contribution in [3.05, 3.63) is 35.4 Å². The molecule has 1 aromatic rings. The van der Waals surface area contributed by atoms with Crippen LogP contribution in [0.5, 0.6) is 0 Å². The first-order valence-electron chi connectivity index (χ1n) is 4.79. The maximum atomic E-state index is 11.5. The predicted octanol–water partition coefficient (Wildman–Crippen LogP) is 1.07. The number of hydrogen-bond donors (Lipinski definition) is 2. The number of hydrogen-bond acceptors (Lipinski definition) is 2. The Kier molecular flexibility index (Phi) is 4.13. The third-order valence-electron chi connectivity index (χ3n) is 1.98. The van der Waals surface area contributed by atoms with Gasteiger partial charge in [-0.25, -0.2) is 0 Å². The van der Waals surface area contributed by atoms with E-state index in [4.69, 9.17) is 5.73 Å². The van der Waals surface area contributed by atoms with Gasteiger partial charge in [-0.15, -0.1) is 0 Å². The molecule has 0 atom stereocenters. The van der Waals surface area contributed by atoms with Crippen LogP contribution in [-0.4, -0.2) is 19.0 Å². The van der Waals surface area contributed by atoms with Crippen molar-refractivity contribution < 1.29 is 4.79 Å². The molecule has 0 fully saturated rings. The van der Waals surface area contributed by atoms with Crippen molar-refractivity contribution in [2.75, 3.05) is 13.1 Å². The van der Waals surface area contributed by atoms with Gasteiger partial charge in [-0.2, -0.15) is 0 Å². The molecule has 0 saturated carbocycles. The van der Waals surface area contributed by atoms with Crippen LogP contribution in [0.1, 0.15) is 22.3 Å². The fourth-order valence-electron chi connectivity index (χ4n) is 1.11. The van der Waals surface area contributed by atoms with Gasteiger partial charge in [0, 0.05) is 12.1 Å². The van der Waals surface area contributed by atoms with E-state index in [0.717, 1.165) is 12.0 Å². The van der Waals surface area contributed by atoms with E-state index in [2.05, 4.69) is 5.32 Å². The van der Waals surface area contributed by atoms with E-state index in [1.165, 1.54) is 0 Å². The minimum absolute atomic E-state index is 0.0292. The standard InChI is InChI=1S/C11H16N2O/c1-9-3-5-10(6-4-9)11(14)13-8-2-7-12/h3-6H,2,7-8,12H2,1H3,(H,13,14). The third-order valence-corrected chi connectivity index (χ3v) is 1.98. The molecule has 3 N–H and O–H groups in total. The molecule has 0 saturated heterocycles. The topological polar surface area (TPSA) is 55.1 Å². The van der Waals surface area contributed by atoms with E-state index in [0.29, 0.717) is 18.7 Å². The number of nitrogens with two attached hydrogens (primary N) is 1. The lowest BCUT2D eigenvalue weighted by molar-refractivity contribution is 0.0953. The molecule has 0 aliphatic heterocycles. The van der Waals surface area contributed by atoms with Gasteiger partial charge in [0.05, 0.1) is 0 Å². The summed E-state index contributed by atoms with van der Waals surface area (Å²) in [4.78, 5) is 11.5. The van der Waals surface area contributed by atoms with Crippen molar-refractivity contribution in [2.45, 2.75) is 13.3 Å². The molecular weight excluding hydrogens is 176 g/mol. The molecule has 1 aromatic carbocycles. The summed E-state index contributed by atoms with van der Waals surface area (Å²) in [5.41, 5.74) is 7.18. The first-order valence-corrected chi connectivity index (χ1v) is 4.79. The predicted molar refractivity (Wildman–Crippen MR) is 57.2 cm³/mol. The summed E-state index contributed by atoms with van der Waals surface area (Å²) < 4.78 is 0. The van der Waals surface area contributed by atoms with Crippen molar-refractivity contribution in [2.24, 2.45) is 5.73 Å². The Morgan fingerprint density at radius 1 is 1.36 bits per heavy atom.